The SMILES string of the molecule is CCCCCCCCCCCCCCC(CO)CCCCCCCCCCCCCC. The quantitative estimate of drug-likeness (QED) is 0.126. The first-order chi connectivity index (χ1) is 15.3. The molecule has 0 fully saturated rings. The minimum absolute atomic E-state index is 0.413. The Hall–Kier alpha value is -0.0400. The zero-order chi connectivity index (χ0) is 22.7. The molecule has 0 amide bonds. The average molecular weight is 439 g/mol. The van der Waals surface area contributed by atoms with Crippen molar-refractivity contribution in [2.45, 2.75) is 181 Å². The number of aliphatic hydroxyl groups is 1. The monoisotopic (exact) mass is 438 g/mol. The van der Waals surface area contributed by atoms with E-state index < -0.39 is 0 Å². The minimum Gasteiger partial charge on any atom is -0.396 e. The first-order valence-corrected chi connectivity index (χ1v) is 15.0. The Balaban J connectivity index is 3.26. The lowest BCUT2D eigenvalue weighted by atomic mass is 9.94. The Morgan fingerprint density at radius 1 is 0.355 bits per heavy atom. The van der Waals surface area contributed by atoms with E-state index in [4.69, 9.17) is 0 Å². The second-order valence-corrected chi connectivity index (χ2v) is 10.4. The van der Waals surface area contributed by atoms with Gasteiger partial charge in [-0.15, -0.1) is 0 Å². The van der Waals surface area contributed by atoms with Crippen molar-refractivity contribution in [1.29, 1.82) is 0 Å². The van der Waals surface area contributed by atoms with Gasteiger partial charge in [0.25, 0.3) is 0 Å². The van der Waals surface area contributed by atoms with E-state index >= 15 is 0 Å². The molecule has 0 atom stereocenters. The molecule has 0 spiro atoms. The molecule has 0 bridgehead atoms. The van der Waals surface area contributed by atoms with Crippen molar-refractivity contribution < 1.29 is 5.11 Å². The second-order valence-electron chi connectivity index (χ2n) is 10.4. The van der Waals surface area contributed by atoms with Gasteiger partial charge in [-0.25, -0.2) is 0 Å². The van der Waals surface area contributed by atoms with E-state index in [2.05, 4.69) is 13.8 Å². The van der Waals surface area contributed by atoms with Crippen LogP contribution in [0.15, 0.2) is 0 Å². The number of hydrogen-bond acceptors (Lipinski definition) is 1. The highest BCUT2D eigenvalue weighted by Gasteiger charge is 2.07. The van der Waals surface area contributed by atoms with Gasteiger partial charge in [-0.2, -0.15) is 0 Å². The standard InChI is InChI=1S/C30H62O/c1-3-5-7-9-11-13-15-17-19-21-23-25-27-30(29-31)28-26-24-22-20-18-16-14-12-10-8-6-4-2/h30-31H,3-29H2,1-2H3. The Morgan fingerprint density at radius 3 is 0.806 bits per heavy atom. The topological polar surface area (TPSA) is 20.2 Å². The van der Waals surface area contributed by atoms with Crippen molar-refractivity contribution in [3.8, 4) is 0 Å². The molecule has 188 valence electrons. The van der Waals surface area contributed by atoms with Crippen LogP contribution in [0.25, 0.3) is 0 Å². The maximum atomic E-state index is 9.68. The molecule has 0 saturated heterocycles. The number of hydrogen-bond donors (Lipinski definition) is 1. The molecule has 31 heavy (non-hydrogen) atoms. The lowest BCUT2D eigenvalue weighted by molar-refractivity contribution is 0.204. The smallest absolute Gasteiger partial charge is 0.0459 e. The zero-order valence-corrected chi connectivity index (χ0v) is 22.1. The van der Waals surface area contributed by atoms with E-state index in [1.807, 2.05) is 0 Å². The molecule has 0 radical (unpaired) electrons. The van der Waals surface area contributed by atoms with E-state index in [0.29, 0.717) is 12.5 Å². The predicted molar refractivity (Wildman–Crippen MR) is 142 cm³/mol. The summed E-state index contributed by atoms with van der Waals surface area (Å²) in [5, 5.41) is 9.68. The summed E-state index contributed by atoms with van der Waals surface area (Å²) in [6.45, 7) is 5.00. The Bertz CT molecular complexity index is 273. The van der Waals surface area contributed by atoms with Gasteiger partial charge < -0.3 is 5.11 Å². The Kier molecular flexibility index (Phi) is 28.0. The molecule has 1 heteroatoms. The van der Waals surface area contributed by atoms with Gasteiger partial charge in [0.15, 0.2) is 0 Å². The third-order valence-electron chi connectivity index (χ3n) is 7.19. The first-order valence-electron chi connectivity index (χ1n) is 15.0. The van der Waals surface area contributed by atoms with Gasteiger partial charge in [0, 0.05) is 6.61 Å². The van der Waals surface area contributed by atoms with E-state index in [0.717, 1.165) is 0 Å². The van der Waals surface area contributed by atoms with Crippen molar-refractivity contribution in [1.82, 2.24) is 0 Å². The van der Waals surface area contributed by atoms with E-state index in [9.17, 15) is 5.11 Å². The fourth-order valence-electron chi connectivity index (χ4n) is 4.87. The van der Waals surface area contributed by atoms with Crippen LogP contribution >= 0.6 is 0 Å². The minimum atomic E-state index is 0.413. The van der Waals surface area contributed by atoms with Gasteiger partial charge in [0.2, 0.25) is 0 Å². The summed E-state index contributed by atoms with van der Waals surface area (Å²) in [5.74, 6) is 0.575. The summed E-state index contributed by atoms with van der Waals surface area (Å²) in [7, 11) is 0. The van der Waals surface area contributed by atoms with E-state index in [1.165, 1.54) is 167 Å². The van der Waals surface area contributed by atoms with Crippen molar-refractivity contribution in [3.63, 3.8) is 0 Å². The van der Waals surface area contributed by atoms with Gasteiger partial charge in [0.05, 0.1) is 0 Å². The largest absolute Gasteiger partial charge is 0.396 e. The molecule has 0 heterocycles. The maximum Gasteiger partial charge on any atom is 0.0459 e. The van der Waals surface area contributed by atoms with Crippen LogP contribution in [0.3, 0.4) is 0 Å². The molecule has 0 aliphatic heterocycles. The number of aliphatic hydroxyl groups excluding tert-OH is 1. The highest BCUT2D eigenvalue weighted by molar-refractivity contribution is 4.60. The molecule has 0 aliphatic rings. The van der Waals surface area contributed by atoms with Crippen molar-refractivity contribution in [3.05, 3.63) is 0 Å². The predicted octanol–water partition coefficient (Wildman–Crippen LogP) is 10.8. The summed E-state index contributed by atoms with van der Waals surface area (Å²) in [6.07, 6.45) is 36.6. The van der Waals surface area contributed by atoms with Crippen LogP contribution in [0.4, 0.5) is 0 Å². The molecular formula is C30H62O. The van der Waals surface area contributed by atoms with Gasteiger partial charge in [-0.05, 0) is 18.8 Å². The van der Waals surface area contributed by atoms with Crippen LogP contribution in [0.5, 0.6) is 0 Å². The Labute approximate surface area is 198 Å². The van der Waals surface area contributed by atoms with Gasteiger partial charge in [-0.1, -0.05) is 168 Å². The third kappa shape index (κ3) is 26.1. The van der Waals surface area contributed by atoms with Crippen LogP contribution in [-0.2, 0) is 0 Å². The van der Waals surface area contributed by atoms with Crippen molar-refractivity contribution >= 4 is 0 Å². The van der Waals surface area contributed by atoms with Crippen LogP contribution in [0.1, 0.15) is 181 Å². The summed E-state index contributed by atoms with van der Waals surface area (Å²) in [4.78, 5) is 0. The fourth-order valence-corrected chi connectivity index (χ4v) is 4.87. The first kappa shape index (κ1) is 31.0. The van der Waals surface area contributed by atoms with Gasteiger partial charge in [-0.3, -0.25) is 0 Å². The molecule has 1 nitrogen and oxygen atoms in total. The van der Waals surface area contributed by atoms with Crippen LogP contribution in [-0.4, -0.2) is 11.7 Å². The fraction of sp³-hybridized carbons (Fsp3) is 1.00. The third-order valence-corrected chi connectivity index (χ3v) is 7.19. The molecule has 0 rings (SSSR count). The van der Waals surface area contributed by atoms with Crippen molar-refractivity contribution in [2.24, 2.45) is 5.92 Å². The number of unbranched alkanes of at least 4 members (excludes halogenated alkanes) is 22. The Morgan fingerprint density at radius 2 is 0.581 bits per heavy atom. The molecular weight excluding hydrogens is 376 g/mol. The summed E-state index contributed by atoms with van der Waals surface area (Å²) in [6, 6.07) is 0. The molecule has 0 aromatic rings. The molecule has 0 unspecified atom stereocenters. The van der Waals surface area contributed by atoms with Gasteiger partial charge in [0.1, 0.15) is 0 Å². The van der Waals surface area contributed by atoms with E-state index in [-0.39, 0.29) is 0 Å². The molecule has 0 aromatic carbocycles. The highest BCUT2D eigenvalue weighted by atomic mass is 16.3. The molecule has 0 aliphatic carbocycles. The molecule has 1 N–H and O–H groups in total. The lowest BCUT2D eigenvalue weighted by Gasteiger charge is -2.13. The lowest BCUT2D eigenvalue weighted by Crippen LogP contribution is -2.06. The van der Waals surface area contributed by atoms with Crippen LogP contribution in [0, 0.1) is 5.92 Å². The molecule has 0 saturated carbocycles. The highest BCUT2D eigenvalue weighted by Crippen LogP contribution is 2.19. The van der Waals surface area contributed by atoms with Gasteiger partial charge >= 0.3 is 0 Å². The van der Waals surface area contributed by atoms with E-state index in [1.54, 1.807) is 0 Å². The molecule has 0 aromatic heterocycles. The van der Waals surface area contributed by atoms with Crippen molar-refractivity contribution in [2.75, 3.05) is 6.61 Å². The zero-order valence-electron chi connectivity index (χ0n) is 22.1. The normalized spacial score (nSPS) is 11.6. The number of rotatable bonds is 27. The summed E-state index contributed by atoms with van der Waals surface area (Å²) in [5.41, 5.74) is 0. The summed E-state index contributed by atoms with van der Waals surface area (Å²) < 4.78 is 0. The van der Waals surface area contributed by atoms with Crippen LogP contribution in [0.2, 0.25) is 0 Å². The summed E-state index contributed by atoms with van der Waals surface area (Å²) >= 11 is 0. The average Bonchev–Trinajstić information content (AvgIpc) is 2.79. The maximum absolute atomic E-state index is 9.68. The van der Waals surface area contributed by atoms with Crippen LogP contribution < -0.4 is 0 Å². The second kappa shape index (κ2) is 28.0.